The van der Waals surface area contributed by atoms with Crippen LogP contribution in [0.15, 0.2) is 0 Å². The summed E-state index contributed by atoms with van der Waals surface area (Å²) in [6.07, 6.45) is 4.86. The van der Waals surface area contributed by atoms with Crippen LogP contribution in [-0.2, 0) is 4.74 Å². The summed E-state index contributed by atoms with van der Waals surface area (Å²) in [5, 5.41) is 3.79. The number of ether oxygens (including phenoxy) is 1. The molecule has 0 amide bonds. The van der Waals surface area contributed by atoms with Crippen molar-refractivity contribution in [3.63, 3.8) is 0 Å². The van der Waals surface area contributed by atoms with Gasteiger partial charge in [0.25, 0.3) is 0 Å². The predicted octanol–water partition coefficient (Wildman–Crippen LogP) is 2.51. The Kier molecular flexibility index (Phi) is 6.61. The van der Waals surface area contributed by atoms with Crippen molar-refractivity contribution in [2.45, 2.75) is 58.0 Å². The average Bonchev–Trinajstić information content (AvgIpc) is 2.39. The van der Waals surface area contributed by atoms with Crippen LogP contribution in [-0.4, -0.2) is 50.3 Å². The van der Waals surface area contributed by atoms with E-state index in [2.05, 4.69) is 45.1 Å². The van der Waals surface area contributed by atoms with Crippen LogP contribution in [0.25, 0.3) is 0 Å². The van der Waals surface area contributed by atoms with Crippen LogP contribution in [0.1, 0.15) is 46.5 Å². The van der Waals surface area contributed by atoms with Gasteiger partial charge in [0.2, 0.25) is 0 Å². The molecule has 1 saturated heterocycles. The molecule has 0 saturated carbocycles. The minimum absolute atomic E-state index is 0.209. The number of hydrogen-bond acceptors (Lipinski definition) is 3. The molecule has 0 aromatic rings. The van der Waals surface area contributed by atoms with Gasteiger partial charge >= 0.3 is 0 Å². The summed E-state index contributed by atoms with van der Waals surface area (Å²) in [4.78, 5) is 2.38. The quantitative estimate of drug-likeness (QED) is 0.757. The monoisotopic (exact) mass is 256 g/mol. The number of hydrogen-bond donors (Lipinski definition) is 1. The zero-order valence-corrected chi connectivity index (χ0v) is 13.0. The van der Waals surface area contributed by atoms with Crippen LogP contribution in [0.3, 0.4) is 0 Å². The Morgan fingerprint density at radius 3 is 2.56 bits per heavy atom. The normalized spacial score (nSPS) is 26.0. The Hall–Kier alpha value is -0.120. The zero-order valence-electron chi connectivity index (χ0n) is 13.0. The zero-order chi connectivity index (χ0) is 13.6. The van der Waals surface area contributed by atoms with E-state index in [4.69, 9.17) is 4.74 Å². The van der Waals surface area contributed by atoms with Crippen molar-refractivity contribution in [1.82, 2.24) is 10.2 Å². The van der Waals surface area contributed by atoms with Gasteiger partial charge in [-0.2, -0.15) is 0 Å². The molecule has 1 N–H and O–H groups in total. The van der Waals surface area contributed by atoms with E-state index in [0.717, 1.165) is 26.2 Å². The lowest BCUT2D eigenvalue weighted by molar-refractivity contribution is -0.00205. The van der Waals surface area contributed by atoms with Gasteiger partial charge in [0, 0.05) is 18.2 Å². The number of likely N-dealkylation sites (N-methyl/N-ethyl adjacent to an activating group) is 1. The molecule has 0 aliphatic carbocycles. The van der Waals surface area contributed by atoms with Gasteiger partial charge in [-0.25, -0.2) is 0 Å². The smallest absolute Gasteiger partial charge is 0.0509 e. The highest BCUT2D eigenvalue weighted by molar-refractivity contribution is 4.98. The number of rotatable bonds is 7. The average molecular weight is 256 g/mol. The highest BCUT2D eigenvalue weighted by atomic mass is 16.5. The fourth-order valence-electron chi connectivity index (χ4n) is 3.04. The van der Waals surface area contributed by atoms with Gasteiger partial charge in [0.15, 0.2) is 0 Å². The molecule has 1 rings (SSSR count). The summed E-state index contributed by atoms with van der Waals surface area (Å²) in [6.45, 7) is 9.89. The van der Waals surface area contributed by atoms with Gasteiger partial charge in [0.1, 0.15) is 0 Å². The van der Waals surface area contributed by atoms with Crippen molar-refractivity contribution in [3.8, 4) is 0 Å². The van der Waals surface area contributed by atoms with Gasteiger partial charge in [-0.3, -0.25) is 0 Å². The molecule has 3 unspecified atom stereocenters. The maximum atomic E-state index is 5.70. The third kappa shape index (κ3) is 3.69. The summed E-state index contributed by atoms with van der Waals surface area (Å²) in [5.74, 6) is 0.651. The first-order chi connectivity index (χ1) is 8.56. The lowest BCUT2D eigenvalue weighted by Crippen LogP contribution is -2.61. The van der Waals surface area contributed by atoms with E-state index in [1.165, 1.54) is 19.3 Å². The Morgan fingerprint density at radius 1 is 1.39 bits per heavy atom. The van der Waals surface area contributed by atoms with Crippen molar-refractivity contribution in [3.05, 3.63) is 0 Å². The first-order valence-electron chi connectivity index (χ1n) is 7.54. The van der Waals surface area contributed by atoms with Crippen LogP contribution in [0.4, 0.5) is 0 Å². The molecule has 1 fully saturated rings. The summed E-state index contributed by atoms with van der Waals surface area (Å²) >= 11 is 0. The largest absolute Gasteiger partial charge is 0.381 e. The minimum Gasteiger partial charge on any atom is -0.381 e. The molecule has 0 aromatic carbocycles. The predicted molar refractivity (Wildman–Crippen MR) is 78.0 cm³/mol. The third-order valence-electron chi connectivity index (χ3n) is 4.69. The topological polar surface area (TPSA) is 24.5 Å². The molecule has 0 spiro atoms. The van der Waals surface area contributed by atoms with E-state index in [1.807, 2.05) is 0 Å². The summed E-state index contributed by atoms with van der Waals surface area (Å²) in [7, 11) is 4.40. The highest BCUT2D eigenvalue weighted by Gasteiger charge is 2.39. The van der Waals surface area contributed by atoms with Gasteiger partial charge in [0.05, 0.1) is 6.61 Å². The first-order valence-corrected chi connectivity index (χ1v) is 7.54. The molecule has 1 heterocycles. The fourth-order valence-corrected chi connectivity index (χ4v) is 3.04. The van der Waals surface area contributed by atoms with Crippen molar-refractivity contribution in [2.75, 3.05) is 33.9 Å². The minimum atomic E-state index is 0.209. The Bertz CT molecular complexity index is 227. The molecule has 3 atom stereocenters. The first kappa shape index (κ1) is 15.9. The van der Waals surface area contributed by atoms with Crippen LogP contribution in [0.2, 0.25) is 0 Å². The lowest BCUT2D eigenvalue weighted by atomic mass is 9.78. The van der Waals surface area contributed by atoms with Gasteiger partial charge in [-0.15, -0.1) is 0 Å². The van der Waals surface area contributed by atoms with Gasteiger partial charge in [-0.1, -0.05) is 13.8 Å². The molecule has 1 aliphatic heterocycles. The second kappa shape index (κ2) is 7.46. The van der Waals surface area contributed by atoms with E-state index in [1.54, 1.807) is 0 Å². The van der Waals surface area contributed by atoms with Gasteiger partial charge in [-0.05, 0) is 59.2 Å². The Labute approximate surface area is 113 Å². The number of nitrogens with zero attached hydrogens (tertiary/aromatic N) is 1. The van der Waals surface area contributed by atoms with E-state index < -0.39 is 0 Å². The molecule has 0 radical (unpaired) electrons. The van der Waals surface area contributed by atoms with E-state index in [-0.39, 0.29) is 5.54 Å². The summed E-state index contributed by atoms with van der Waals surface area (Å²) in [6, 6.07) is 0.526. The third-order valence-corrected chi connectivity index (χ3v) is 4.69. The maximum absolute atomic E-state index is 5.70. The molecular weight excluding hydrogens is 224 g/mol. The molecule has 0 bridgehead atoms. The Morgan fingerprint density at radius 2 is 2.11 bits per heavy atom. The molecule has 3 heteroatoms. The Balaban J connectivity index is 2.80. The van der Waals surface area contributed by atoms with Crippen molar-refractivity contribution < 1.29 is 4.74 Å². The second-order valence-electron chi connectivity index (χ2n) is 6.01. The second-order valence-corrected chi connectivity index (χ2v) is 6.01. The highest BCUT2D eigenvalue weighted by Crippen LogP contribution is 2.30. The summed E-state index contributed by atoms with van der Waals surface area (Å²) in [5.41, 5.74) is 0.209. The van der Waals surface area contributed by atoms with E-state index >= 15 is 0 Å². The van der Waals surface area contributed by atoms with Crippen molar-refractivity contribution >= 4 is 0 Å². The lowest BCUT2D eigenvalue weighted by Gasteiger charge is -2.47. The molecule has 18 heavy (non-hydrogen) atoms. The molecule has 0 aromatic heterocycles. The van der Waals surface area contributed by atoms with Crippen LogP contribution in [0, 0.1) is 5.92 Å². The fraction of sp³-hybridized carbons (Fsp3) is 1.00. The SMILES string of the molecule is CCCNC(C1CCCOC1)C(C)(CC)N(C)C. The van der Waals surface area contributed by atoms with Crippen LogP contribution >= 0.6 is 0 Å². The molecule has 1 aliphatic rings. The molecular formula is C15H32N2O. The summed E-state index contributed by atoms with van der Waals surface area (Å²) < 4.78 is 5.70. The van der Waals surface area contributed by atoms with Gasteiger partial charge < -0.3 is 15.0 Å². The van der Waals surface area contributed by atoms with E-state index in [9.17, 15) is 0 Å². The van der Waals surface area contributed by atoms with Crippen molar-refractivity contribution in [2.24, 2.45) is 5.92 Å². The van der Waals surface area contributed by atoms with E-state index in [0.29, 0.717) is 12.0 Å². The molecule has 108 valence electrons. The number of nitrogens with one attached hydrogen (secondary N) is 1. The van der Waals surface area contributed by atoms with Crippen LogP contribution < -0.4 is 5.32 Å². The standard InChI is InChI=1S/C15H32N2O/c1-6-10-16-14(13-9-8-11-18-12-13)15(3,7-2)17(4)5/h13-14,16H,6-12H2,1-5H3. The van der Waals surface area contributed by atoms with Crippen molar-refractivity contribution in [1.29, 1.82) is 0 Å². The van der Waals surface area contributed by atoms with Crippen LogP contribution in [0.5, 0.6) is 0 Å². The molecule has 3 nitrogen and oxygen atoms in total. The maximum Gasteiger partial charge on any atom is 0.0509 e.